The molecule has 0 spiro atoms. The average molecular weight is 304 g/mol. The average Bonchev–Trinajstić information content (AvgIpc) is 2.49. The van der Waals surface area contributed by atoms with Crippen LogP contribution in [0.1, 0.15) is 0 Å². The molecule has 2 rings (SSSR count). The van der Waals surface area contributed by atoms with Crippen molar-refractivity contribution in [2.45, 2.75) is 4.90 Å². The molecule has 0 aliphatic carbocycles. The molecule has 0 aromatic heterocycles. The minimum atomic E-state index is -0.386. The molecule has 2 amide bonds. The number of anilines is 2. The fourth-order valence-corrected chi connectivity index (χ4v) is 1.98. The van der Waals surface area contributed by atoms with Crippen molar-refractivity contribution in [2.24, 2.45) is 0 Å². The molecule has 0 saturated carbocycles. The highest BCUT2D eigenvalue weighted by atomic mass is 32.1. The van der Waals surface area contributed by atoms with E-state index in [0.29, 0.717) is 27.8 Å². The first-order valence-electron chi connectivity index (χ1n) is 6.22. The van der Waals surface area contributed by atoms with Crippen molar-refractivity contribution in [3.05, 3.63) is 42.5 Å². The fourth-order valence-electron chi connectivity index (χ4n) is 1.77. The zero-order chi connectivity index (χ0) is 15.2. The molecule has 0 aliphatic rings. The third-order valence-corrected chi connectivity index (χ3v) is 3.20. The van der Waals surface area contributed by atoms with Crippen LogP contribution in [0.5, 0.6) is 11.5 Å². The maximum absolute atomic E-state index is 12.0. The van der Waals surface area contributed by atoms with E-state index in [4.69, 9.17) is 9.47 Å². The van der Waals surface area contributed by atoms with Crippen LogP contribution in [0, 0.1) is 0 Å². The van der Waals surface area contributed by atoms with E-state index in [1.165, 1.54) is 7.11 Å². The van der Waals surface area contributed by atoms with Gasteiger partial charge in [0, 0.05) is 11.0 Å². The van der Waals surface area contributed by atoms with Gasteiger partial charge in [-0.05, 0) is 24.3 Å². The summed E-state index contributed by atoms with van der Waals surface area (Å²) < 4.78 is 10.3. The standard InChI is InChI=1S/C15H16N2O3S/c1-19-10-7-8-13(20-2)12(9-10)17-15(18)16-11-5-3-4-6-14(11)21/h3-9,21H,1-2H3,(H2,16,17,18). The summed E-state index contributed by atoms with van der Waals surface area (Å²) in [4.78, 5) is 12.7. The molecule has 0 aliphatic heterocycles. The number of thiol groups is 1. The Morgan fingerprint density at radius 3 is 2.38 bits per heavy atom. The molecule has 0 fully saturated rings. The number of nitrogens with one attached hydrogen (secondary N) is 2. The van der Waals surface area contributed by atoms with Gasteiger partial charge in [0.25, 0.3) is 0 Å². The van der Waals surface area contributed by atoms with E-state index in [0.717, 1.165) is 0 Å². The smallest absolute Gasteiger partial charge is 0.323 e. The largest absolute Gasteiger partial charge is 0.497 e. The summed E-state index contributed by atoms with van der Waals surface area (Å²) >= 11 is 4.28. The van der Waals surface area contributed by atoms with Crippen LogP contribution in [0.2, 0.25) is 0 Å². The maximum atomic E-state index is 12.0. The predicted molar refractivity (Wildman–Crippen MR) is 85.9 cm³/mol. The molecule has 6 heteroatoms. The van der Waals surface area contributed by atoms with Gasteiger partial charge in [-0.15, -0.1) is 12.6 Å². The monoisotopic (exact) mass is 304 g/mol. The third kappa shape index (κ3) is 3.82. The van der Waals surface area contributed by atoms with Crippen molar-refractivity contribution in [3.63, 3.8) is 0 Å². The second-order valence-corrected chi connectivity index (χ2v) is 4.64. The lowest BCUT2D eigenvalue weighted by molar-refractivity contribution is 0.262. The van der Waals surface area contributed by atoms with E-state index < -0.39 is 0 Å². The van der Waals surface area contributed by atoms with Gasteiger partial charge in [-0.25, -0.2) is 4.79 Å². The van der Waals surface area contributed by atoms with E-state index in [-0.39, 0.29) is 6.03 Å². The minimum Gasteiger partial charge on any atom is -0.497 e. The van der Waals surface area contributed by atoms with Gasteiger partial charge < -0.3 is 20.1 Å². The number of rotatable bonds is 4. The second kappa shape index (κ2) is 6.90. The molecule has 0 heterocycles. The highest BCUT2D eigenvalue weighted by molar-refractivity contribution is 7.80. The number of carbonyl (C=O) groups is 1. The van der Waals surface area contributed by atoms with Gasteiger partial charge in [-0.2, -0.15) is 0 Å². The van der Waals surface area contributed by atoms with Crippen molar-refractivity contribution >= 4 is 30.0 Å². The van der Waals surface area contributed by atoms with Crippen LogP contribution in [-0.4, -0.2) is 20.3 Å². The van der Waals surface area contributed by atoms with E-state index >= 15 is 0 Å². The summed E-state index contributed by atoms with van der Waals surface area (Å²) in [5.74, 6) is 1.17. The predicted octanol–water partition coefficient (Wildman–Crippen LogP) is 3.64. The molecule has 2 N–H and O–H groups in total. The van der Waals surface area contributed by atoms with Crippen molar-refractivity contribution < 1.29 is 14.3 Å². The molecule has 0 saturated heterocycles. The van der Waals surface area contributed by atoms with Gasteiger partial charge in [-0.3, -0.25) is 0 Å². The summed E-state index contributed by atoms with van der Waals surface area (Å²) in [6.45, 7) is 0. The van der Waals surface area contributed by atoms with Gasteiger partial charge in [0.1, 0.15) is 11.5 Å². The number of ether oxygens (including phenoxy) is 2. The second-order valence-electron chi connectivity index (χ2n) is 4.16. The first-order chi connectivity index (χ1) is 10.1. The van der Waals surface area contributed by atoms with E-state index in [1.807, 2.05) is 12.1 Å². The van der Waals surface area contributed by atoms with E-state index in [9.17, 15) is 4.79 Å². The van der Waals surface area contributed by atoms with E-state index in [2.05, 4.69) is 23.3 Å². The number of hydrogen-bond acceptors (Lipinski definition) is 4. The number of benzene rings is 2. The Hall–Kier alpha value is -2.34. The molecule has 0 unspecified atom stereocenters. The molecule has 21 heavy (non-hydrogen) atoms. The normalized spacial score (nSPS) is 9.86. The molecule has 0 radical (unpaired) electrons. The number of urea groups is 1. The third-order valence-electron chi connectivity index (χ3n) is 2.81. The molecule has 2 aromatic carbocycles. The molecule has 2 aromatic rings. The Morgan fingerprint density at radius 1 is 1.00 bits per heavy atom. The van der Waals surface area contributed by atoms with Crippen LogP contribution in [0.15, 0.2) is 47.4 Å². The summed E-state index contributed by atoms with van der Waals surface area (Å²) in [5.41, 5.74) is 1.14. The van der Waals surface area contributed by atoms with Crippen molar-refractivity contribution in [1.29, 1.82) is 0 Å². The maximum Gasteiger partial charge on any atom is 0.323 e. The Labute approximate surface area is 128 Å². The Morgan fingerprint density at radius 2 is 1.71 bits per heavy atom. The Balaban J connectivity index is 2.14. The van der Waals surface area contributed by atoms with Crippen molar-refractivity contribution in [3.8, 4) is 11.5 Å². The molecule has 0 bridgehead atoms. The van der Waals surface area contributed by atoms with Gasteiger partial charge in [0.05, 0.1) is 25.6 Å². The lowest BCUT2D eigenvalue weighted by atomic mass is 10.2. The fraction of sp³-hybridized carbons (Fsp3) is 0.133. The summed E-state index contributed by atoms with van der Waals surface area (Å²) in [7, 11) is 3.09. The van der Waals surface area contributed by atoms with Crippen molar-refractivity contribution in [2.75, 3.05) is 24.9 Å². The van der Waals surface area contributed by atoms with Gasteiger partial charge in [0.2, 0.25) is 0 Å². The topological polar surface area (TPSA) is 59.6 Å². The first-order valence-corrected chi connectivity index (χ1v) is 6.67. The number of para-hydroxylation sites is 1. The summed E-state index contributed by atoms with van der Waals surface area (Å²) in [6.07, 6.45) is 0. The summed E-state index contributed by atoms with van der Waals surface area (Å²) in [5, 5.41) is 5.45. The molecular formula is C15H16N2O3S. The zero-order valence-electron chi connectivity index (χ0n) is 11.7. The number of carbonyl (C=O) groups excluding carboxylic acids is 1. The molecule has 110 valence electrons. The molecule has 5 nitrogen and oxygen atoms in total. The number of hydrogen-bond donors (Lipinski definition) is 3. The molecular weight excluding hydrogens is 288 g/mol. The van der Waals surface area contributed by atoms with Crippen LogP contribution in [0.4, 0.5) is 16.2 Å². The van der Waals surface area contributed by atoms with Gasteiger partial charge >= 0.3 is 6.03 Å². The minimum absolute atomic E-state index is 0.386. The lowest BCUT2D eigenvalue weighted by Gasteiger charge is -2.13. The summed E-state index contributed by atoms with van der Waals surface area (Å²) in [6, 6.07) is 12.0. The first kappa shape index (κ1) is 15.1. The number of methoxy groups -OCH3 is 2. The number of amides is 2. The zero-order valence-corrected chi connectivity index (χ0v) is 12.6. The lowest BCUT2D eigenvalue weighted by Crippen LogP contribution is -2.20. The molecule has 0 atom stereocenters. The quantitative estimate of drug-likeness (QED) is 0.756. The highest BCUT2D eigenvalue weighted by Crippen LogP contribution is 2.29. The van der Waals surface area contributed by atoms with Crippen LogP contribution >= 0.6 is 12.6 Å². The van der Waals surface area contributed by atoms with Crippen molar-refractivity contribution in [1.82, 2.24) is 0 Å². The van der Waals surface area contributed by atoms with Gasteiger partial charge in [-0.1, -0.05) is 12.1 Å². The van der Waals surface area contributed by atoms with Crippen LogP contribution < -0.4 is 20.1 Å². The Kier molecular flexibility index (Phi) is 4.94. The van der Waals surface area contributed by atoms with Crippen LogP contribution in [0.25, 0.3) is 0 Å². The van der Waals surface area contributed by atoms with Crippen LogP contribution in [0.3, 0.4) is 0 Å². The van der Waals surface area contributed by atoms with Crippen LogP contribution in [-0.2, 0) is 0 Å². The highest BCUT2D eigenvalue weighted by Gasteiger charge is 2.10. The van der Waals surface area contributed by atoms with Gasteiger partial charge in [0.15, 0.2) is 0 Å². The Bertz CT molecular complexity index is 647. The SMILES string of the molecule is COc1ccc(OC)c(NC(=O)Nc2ccccc2S)c1. The van der Waals surface area contributed by atoms with E-state index in [1.54, 1.807) is 37.4 Å².